The number of nitrogens with two attached hydrogens (primary N) is 1. The number of aliphatic imine (C=N–C) groups is 1. The van der Waals surface area contributed by atoms with Crippen LogP contribution in [0.25, 0.3) is 0 Å². The van der Waals surface area contributed by atoms with Crippen LogP contribution < -0.4 is 30.6 Å². The van der Waals surface area contributed by atoms with E-state index in [2.05, 4.69) is 54.2 Å². The molecule has 2 spiro atoms. The number of aromatic hydroxyl groups is 1. The molecule has 11 atom stereocenters. The number of phenolic OH excluding ortho intramolecular Hbond substituents is 1. The van der Waals surface area contributed by atoms with Gasteiger partial charge >= 0.3 is 0 Å². The highest BCUT2D eigenvalue weighted by molar-refractivity contribution is 8.76. The Labute approximate surface area is 433 Å². The standard InChI is InChI=1S/C56H76N4O10S2/c1-33(2)47-29-72-71-28-45-44-26-43-35-11-16-41(64)25-40(63)15-10-34-12-18-48(65)51(69-32-62)42(34)8-6-7-37(23-35)50(52(43)70-53(44)66)68-31-58-56-30-55(20-4-5-21-55)22-19-39(56)24-36(49(27-61)67-3)9-13-38(56)14-17-46(45)59-54(57)60-47/h12,18,23,33,36,38-39,41,44-47,49,53,58,61-62,64-66H,4-5,7,9-11,13,15-16,19-22,24-32H2,1-3H3,(H3,57,59,60). The average molecular weight is 1030 g/mol. The van der Waals surface area contributed by atoms with Gasteiger partial charge in [-0.3, -0.25) is 10.1 Å². The van der Waals surface area contributed by atoms with Crippen LogP contribution in [0.2, 0.25) is 0 Å². The minimum Gasteiger partial charge on any atom is -0.504 e. The number of Topliss-reactive ketones (excluding diaryl/α,β-unsaturated/α-hetero) is 1. The molecular weight excluding hydrogens is 953 g/mol. The van der Waals surface area contributed by atoms with E-state index < -0.39 is 36.7 Å². The van der Waals surface area contributed by atoms with Gasteiger partial charge in [0.1, 0.15) is 12.5 Å². The van der Waals surface area contributed by atoms with Crippen molar-refractivity contribution in [1.82, 2.24) is 10.6 Å². The molecule has 8 aliphatic rings. The number of fused-ring (bicyclic) bond motifs is 6. The van der Waals surface area contributed by atoms with Crippen molar-refractivity contribution in [3.8, 4) is 46.7 Å². The molecule has 0 aromatic heterocycles. The predicted octanol–water partition coefficient (Wildman–Crippen LogP) is 6.16. The van der Waals surface area contributed by atoms with Gasteiger partial charge in [0.2, 0.25) is 6.29 Å². The van der Waals surface area contributed by atoms with Crippen LogP contribution in [0.15, 0.2) is 23.2 Å². The maximum atomic E-state index is 13.4. The number of methoxy groups -OCH3 is 1. The highest BCUT2D eigenvalue weighted by Crippen LogP contribution is 2.59. The molecule has 392 valence electrons. The normalized spacial score (nSPS) is 32.2. The predicted molar refractivity (Wildman–Crippen MR) is 281 cm³/mol. The van der Waals surface area contributed by atoms with Crippen molar-refractivity contribution in [3.05, 3.63) is 46.0 Å². The van der Waals surface area contributed by atoms with Crippen molar-refractivity contribution in [2.75, 3.05) is 38.7 Å². The van der Waals surface area contributed by atoms with Gasteiger partial charge in [0.25, 0.3) is 0 Å². The molecule has 10 rings (SSSR count). The highest BCUT2D eigenvalue weighted by Gasteiger charge is 2.56. The maximum absolute atomic E-state index is 13.4. The third-order valence-electron chi connectivity index (χ3n) is 17.5. The lowest BCUT2D eigenvalue weighted by Crippen LogP contribution is -2.61. The Hall–Kier alpha value is -3.84. The van der Waals surface area contributed by atoms with E-state index in [4.69, 9.17) is 29.7 Å². The van der Waals surface area contributed by atoms with E-state index in [1.807, 2.05) is 0 Å². The number of nitrogens with zero attached hydrogens (tertiary/aromatic N) is 1. The Morgan fingerprint density at radius 3 is 2.56 bits per heavy atom. The number of phenols is 1. The summed E-state index contributed by atoms with van der Waals surface area (Å²) in [6.45, 7) is 3.72. The zero-order valence-corrected chi connectivity index (χ0v) is 43.9. The number of aryl methyl sites for hydroxylation is 2. The number of carbonyl (C=O) groups excluding carboxylic acids is 1. The summed E-state index contributed by atoms with van der Waals surface area (Å²) in [5.74, 6) is 16.6. The molecule has 4 aliphatic carbocycles. The fraction of sp³-hybridized carbons (Fsp3) is 0.679. The van der Waals surface area contributed by atoms with Crippen molar-refractivity contribution in [2.45, 2.75) is 159 Å². The Balaban J connectivity index is 1.22. The molecule has 2 aromatic rings. The molecule has 3 fully saturated rings. The second kappa shape index (κ2) is 23.4. The van der Waals surface area contributed by atoms with Crippen LogP contribution in [0.1, 0.15) is 125 Å². The number of aliphatic hydroxyl groups excluding tert-OH is 4. The van der Waals surface area contributed by atoms with Gasteiger partial charge in [0.15, 0.2) is 35.8 Å². The van der Waals surface area contributed by atoms with Crippen LogP contribution in [0.4, 0.5) is 0 Å². The van der Waals surface area contributed by atoms with E-state index in [9.17, 15) is 30.3 Å². The summed E-state index contributed by atoms with van der Waals surface area (Å²) < 4.78 is 25.4. The first-order valence-electron chi connectivity index (χ1n) is 26.5. The van der Waals surface area contributed by atoms with Crippen LogP contribution in [0, 0.1) is 64.6 Å². The van der Waals surface area contributed by atoms with E-state index in [0.29, 0.717) is 60.0 Å². The zero-order valence-electron chi connectivity index (χ0n) is 42.3. The number of hydrogen-bond donors (Lipinski definition) is 8. The van der Waals surface area contributed by atoms with Gasteiger partial charge in [-0.2, -0.15) is 0 Å². The van der Waals surface area contributed by atoms with Crippen LogP contribution in [-0.2, 0) is 35.2 Å². The fourth-order valence-corrected chi connectivity index (χ4v) is 16.3. The van der Waals surface area contributed by atoms with Crippen molar-refractivity contribution in [1.29, 1.82) is 0 Å². The maximum Gasteiger partial charge on any atom is 0.201 e. The molecule has 14 nitrogen and oxygen atoms in total. The van der Waals surface area contributed by atoms with Crippen LogP contribution in [0.3, 0.4) is 0 Å². The summed E-state index contributed by atoms with van der Waals surface area (Å²) in [5.41, 5.74) is 10.2. The summed E-state index contributed by atoms with van der Waals surface area (Å²) in [5, 5.41) is 63.0. The largest absolute Gasteiger partial charge is 0.504 e. The summed E-state index contributed by atoms with van der Waals surface area (Å²) in [7, 11) is 5.24. The Kier molecular flexibility index (Phi) is 17.2. The lowest BCUT2D eigenvalue weighted by molar-refractivity contribution is -0.121. The van der Waals surface area contributed by atoms with E-state index in [1.54, 1.807) is 34.8 Å². The molecule has 9 N–H and O–H groups in total. The SMILES string of the molecule is COC(CO)C1CCC2C#CC3NC(N)=NC(C(C)C)CSSCC3C3Cc4c5cc(c(c4OC3O)OCNC23CC2(CCCC2)CCC3C1)CC#Cc1c(ccc(O)c1OCO)CCC(=O)CC(O)CC5. The number of guanidine groups is 1. The van der Waals surface area contributed by atoms with Gasteiger partial charge in [-0.05, 0) is 117 Å². The van der Waals surface area contributed by atoms with Crippen molar-refractivity contribution >= 4 is 33.3 Å². The Morgan fingerprint density at radius 2 is 1.78 bits per heavy atom. The van der Waals surface area contributed by atoms with Crippen molar-refractivity contribution in [3.63, 3.8) is 0 Å². The lowest BCUT2D eigenvalue weighted by Gasteiger charge is -2.54. The smallest absolute Gasteiger partial charge is 0.201 e. The van der Waals surface area contributed by atoms with E-state index in [0.717, 1.165) is 61.0 Å². The highest BCUT2D eigenvalue weighted by atomic mass is 33.1. The average Bonchev–Trinajstić information content (AvgIpc) is 3.74. The number of aliphatic hydroxyl groups is 4. The third-order valence-corrected chi connectivity index (χ3v) is 19.9. The molecule has 0 radical (unpaired) electrons. The number of ether oxygens (including phenoxy) is 4. The number of ketones is 1. The van der Waals surface area contributed by atoms with Crippen LogP contribution in [-0.4, -0.2) is 112 Å². The molecule has 0 saturated heterocycles. The zero-order chi connectivity index (χ0) is 50.6. The molecule has 4 aliphatic heterocycles. The molecular formula is C56H76N4O10S2. The molecule has 11 unspecified atom stereocenters. The second-order valence-electron chi connectivity index (χ2n) is 22.0. The van der Waals surface area contributed by atoms with Gasteiger partial charge in [0, 0.05) is 72.3 Å². The number of nitrogens with one attached hydrogen (secondary N) is 2. The first kappa shape index (κ1) is 53.0. The molecule has 3 saturated carbocycles. The first-order chi connectivity index (χ1) is 34.8. The molecule has 4 heterocycles. The van der Waals surface area contributed by atoms with Gasteiger partial charge in [-0.15, -0.1) is 0 Å². The van der Waals surface area contributed by atoms with Crippen molar-refractivity contribution < 1.29 is 49.3 Å². The topological polar surface area (TPSA) is 218 Å². The Morgan fingerprint density at radius 1 is 0.958 bits per heavy atom. The summed E-state index contributed by atoms with van der Waals surface area (Å²) >= 11 is 0. The second-order valence-corrected chi connectivity index (χ2v) is 24.6. The van der Waals surface area contributed by atoms with E-state index in [1.165, 1.54) is 31.7 Å². The van der Waals surface area contributed by atoms with E-state index >= 15 is 0 Å². The summed E-state index contributed by atoms with van der Waals surface area (Å²) in [6, 6.07) is 4.78. The Bertz CT molecular complexity index is 2420. The van der Waals surface area contributed by atoms with Gasteiger partial charge < -0.3 is 55.5 Å². The van der Waals surface area contributed by atoms with Gasteiger partial charge in [-0.1, -0.05) is 84.1 Å². The van der Waals surface area contributed by atoms with Crippen LogP contribution >= 0.6 is 21.6 Å². The molecule has 0 amide bonds. The molecule has 72 heavy (non-hydrogen) atoms. The summed E-state index contributed by atoms with van der Waals surface area (Å²) in [6.07, 6.45) is 9.77. The number of carbonyl (C=O) groups is 1. The third kappa shape index (κ3) is 11.4. The number of benzene rings is 2. The number of hydrogen-bond acceptors (Lipinski definition) is 16. The molecule has 6 bridgehead atoms. The molecule has 2 aromatic carbocycles. The van der Waals surface area contributed by atoms with Crippen molar-refractivity contribution in [2.24, 2.45) is 51.6 Å². The van der Waals surface area contributed by atoms with Gasteiger partial charge in [-0.25, -0.2) is 4.99 Å². The molecule has 16 heteroatoms. The minimum absolute atomic E-state index is 0.00679. The minimum atomic E-state index is -1.25. The number of rotatable bonds is 6. The monoisotopic (exact) mass is 1030 g/mol. The van der Waals surface area contributed by atoms with E-state index in [-0.39, 0.29) is 97.0 Å². The lowest BCUT2D eigenvalue weighted by atomic mass is 9.56. The van der Waals surface area contributed by atoms with Gasteiger partial charge in [0.05, 0.1) is 36.5 Å². The van der Waals surface area contributed by atoms with Crippen LogP contribution in [0.5, 0.6) is 23.0 Å². The summed E-state index contributed by atoms with van der Waals surface area (Å²) in [4.78, 5) is 18.4. The fourth-order valence-electron chi connectivity index (χ4n) is 13.5. The quantitative estimate of drug-likeness (QED) is 0.0924. The first-order valence-corrected chi connectivity index (χ1v) is 29.0.